The third-order valence-corrected chi connectivity index (χ3v) is 8.61. The summed E-state index contributed by atoms with van der Waals surface area (Å²) in [5.41, 5.74) is -1.06. The first kappa shape index (κ1) is 36.1. The van der Waals surface area contributed by atoms with E-state index < -0.39 is 128 Å². The highest BCUT2D eigenvalue weighted by molar-refractivity contribution is 5.88. The number of aliphatic hydroxyl groups is 8. The summed E-state index contributed by atoms with van der Waals surface area (Å²) in [6, 6.07) is 7.21. The van der Waals surface area contributed by atoms with Crippen LogP contribution >= 0.6 is 0 Å². The van der Waals surface area contributed by atoms with Crippen LogP contribution < -0.4 is 10.2 Å². The average molecular weight is 713 g/mol. The molecule has 3 aliphatic rings. The van der Waals surface area contributed by atoms with Crippen LogP contribution in [0.1, 0.15) is 0 Å². The summed E-state index contributed by atoms with van der Waals surface area (Å²) in [6.07, 6.45) is -21.7. The van der Waals surface area contributed by atoms with Crippen molar-refractivity contribution in [2.75, 3.05) is 19.8 Å². The van der Waals surface area contributed by atoms with E-state index in [0.29, 0.717) is 0 Å². The van der Waals surface area contributed by atoms with Crippen LogP contribution in [0, 0.1) is 0 Å². The van der Waals surface area contributed by atoms with Crippen molar-refractivity contribution in [3.05, 3.63) is 46.6 Å². The number of hydrogen-bond acceptors (Lipinski definition) is 19. The van der Waals surface area contributed by atoms with Crippen molar-refractivity contribution >= 4 is 11.0 Å². The van der Waals surface area contributed by atoms with Crippen LogP contribution in [0.2, 0.25) is 0 Å². The van der Waals surface area contributed by atoms with E-state index in [1.165, 1.54) is 24.3 Å². The van der Waals surface area contributed by atoms with Crippen molar-refractivity contribution in [3.63, 3.8) is 0 Å². The smallest absolute Gasteiger partial charge is 0.239 e. The average Bonchev–Trinajstić information content (AvgIpc) is 3.38. The molecule has 11 N–H and O–H groups in total. The van der Waals surface area contributed by atoms with E-state index in [0.717, 1.165) is 12.1 Å². The van der Waals surface area contributed by atoms with Gasteiger partial charge in [0.05, 0.1) is 19.8 Å². The summed E-state index contributed by atoms with van der Waals surface area (Å²) >= 11 is 0. The number of phenols is 3. The van der Waals surface area contributed by atoms with E-state index in [1.807, 2.05) is 0 Å². The molecule has 0 bridgehead atoms. The van der Waals surface area contributed by atoms with Crippen LogP contribution in [0.15, 0.2) is 45.6 Å². The standard InChI is InChI=1S/C31H36O19/c32-7-16-20(39)28(50-29-23(42)19(38)14(37)9-44-29)31(46-16)48-26-17(8-33)47-30(24(43)22(26)41)49-27-21(40)18-13(36)5-12(35)6-15(18)45-25(27)10-1-3-11(34)4-2-10/h1-6,14,16-17,19-20,22-24,26,28-39,41-43H,7-9H2/t14-,16-,17?,19?,20+,22?,23?,24+,26+,28?,29-,30-,31-/m0/s1. The van der Waals surface area contributed by atoms with Crippen molar-refractivity contribution < 1.29 is 89.0 Å². The second-order valence-corrected chi connectivity index (χ2v) is 12.0. The lowest BCUT2D eigenvalue weighted by atomic mass is 9.98. The van der Waals surface area contributed by atoms with E-state index in [-0.39, 0.29) is 22.7 Å². The molecule has 19 heteroatoms. The quantitative estimate of drug-likeness (QED) is 0.103. The largest absolute Gasteiger partial charge is 0.508 e. The van der Waals surface area contributed by atoms with Gasteiger partial charge in [-0.05, 0) is 24.3 Å². The lowest BCUT2D eigenvalue weighted by Gasteiger charge is -2.43. The zero-order valence-corrected chi connectivity index (χ0v) is 25.8. The Hall–Kier alpha value is -3.67. The van der Waals surface area contributed by atoms with Gasteiger partial charge in [-0.2, -0.15) is 0 Å². The van der Waals surface area contributed by atoms with Crippen molar-refractivity contribution in [1.82, 2.24) is 0 Å². The first-order valence-electron chi connectivity index (χ1n) is 15.3. The molecule has 3 aromatic rings. The van der Waals surface area contributed by atoms with Gasteiger partial charge in [0.2, 0.25) is 17.5 Å². The highest BCUT2D eigenvalue weighted by atomic mass is 16.8. The molecule has 6 rings (SSSR count). The number of fused-ring (bicyclic) bond motifs is 1. The molecular weight excluding hydrogens is 676 g/mol. The molecule has 1 aromatic heterocycles. The van der Waals surface area contributed by atoms with E-state index in [2.05, 4.69) is 0 Å². The predicted octanol–water partition coefficient (Wildman–Crippen LogP) is -3.32. The van der Waals surface area contributed by atoms with E-state index >= 15 is 0 Å². The number of hydrogen-bond donors (Lipinski definition) is 11. The molecule has 3 fully saturated rings. The Morgan fingerprint density at radius 1 is 0.700 bits per heavy atom. The lowest BCUT2D eigenvalue weighted by molar-refractivity contribution is -0.333. The third kappa shape index (κ3) is 6.72. The van der Waals surface area contributed by atoms with Crippen molar-refractivity contribution in [2.45, 2.75) is 79.9 Å². The molecular formula is C31H36O19. The van der Waals surface area contributed by atoms with Gasteiger partial charge in [0.15, 0.2) is 18.3 Å². The van der Waals surface area contributed by atoms with Gasteiger partial charge in [-0.15, -0.1) is 0 Å². The van der Waals surface area contributed by atoms with Gasteiger partial charge in [0.25, 0.3) is 0 Å². The molecule has 274 valence electrons. The predicted molar refractivity (Wildman–Crippen MR) is 161 cm³/mol. The van der Waals surface area contributed by atoms with Crippen molar-refractivity contribution in [3.8, 4) is 34.3 Å². The highest BCUT2D eigenvalue weighted by Gasteiger charge is 2.53. The second kappa shape index (κ2) is 14.5. The maximum Gasteiger partial charge on any atom is 0.239 e. The summed E-state index contributed by atoms with van der Waals surface area (Å²) < 4.78 is 39.5. The summed E-state index contributed by atoms with van der Waals surface area (Å²) in [5.74, 6) is -2.14. The van der Waals surface area contributed by atoms with E-state index in [4.69, 9.17) is 32.8 Å². The first-order valence-corrected chi connectivity index (χ1v) is 15.3. The summed E-state index contributed by atoms with van der Waals surface area (Å²) in [5, 5.41) is 113. The zero-order valence-electron chi connectivity index (χ0n) is 25.8. The van der Waals surface area contributed by atoms with Crippen molar-refractivity contribution in [2.24, 2.45) is 0 Å². The number of phenolic OH excluding ortho intramolecular Hbond substituents is 3. The van der Waals surface area contributed by atoms with Crippen LogP contribution in [0.4, 0.5) is 0 Å². The number of aromatic hydroxyl groups is 3. The monoisotopic (exact) mass is 712 g/mol. The number of ether oxygens (including phenoxy) is 6. The molecule has 0 spiro atoms. The van der Waals surface area contributed by atoms with Gasteiger partial charge in [-0.25, -0.2) is 0 Å². The van der Waals surface area contributed by atoms with E-state index in [9.17, 15) is 61.0 Å². The Bertz CT molecular complexity index is 1700. The Morgan fingerprint density at radius 3 is 2.02 bits per heavy atom. The molecule has 2 aromatic carbocycles. The fourth-order valence-electron chi connectivity index (χ4n) is 5.93. The molecule has 0 radical (unpaired) electrons. The fourth-order valence-corrected chi connectivity index (χ4v) is 5.93. The Labute approximate surface area is 280 Å². The van der Waals surface area contributed by atoms with Gasteiger partial charge in [0.1, 0.15) is 89.3 Å². The molecule has 3 saturated heterocycles. The Kier molecular flexibility index (Phi) is 10.5. The summed E-state index contributed by atoms with van der Waals surface area (Å²) in [4.78, 5) is 13.7. The Morgan fingerprint density at radius 2 is 1.34 bits per heavy atom. The maximum atomic E-state index is 13.7. The normalized spacial score (nSPS) is 36.1. The molecule has 5 unspecified atom stereocenters. The minimum atomic E-state index is -2.03. The SMILES string of the molecule is O=c1c(O[C@@H]2OC(CO)[C@@H](O[C@@H]3O[C@@H](CO)[C@@H](O)C3O[C@@H]3OC[C@H](O)C(O)C3O)C(O)[C@H]2O)c(-c2ccc(O)cc2)oc2cc(O)cc(O)c12. The molecule has 0 aliphatic carbocycles. The first-order chi connectivity index (χ1) is 23.8. The van der Waals surface area contributed by atoms with Crippen LogP contribution in [0.3, 0.4) is 0 Å². The van der Waals surface area contributed by atoms with Crippen LogP contribution in [0.25, 0.3) is 22.3 Å². The van der Waals surface area contributed by atoms with Crippen LogP contribution in [-0.4, -0.2) is 156 Å². The molecule has 0 saturated carbocycles. The number of rotatable bonds is 9. The fraction of sp³-hybridized carbons (Fsp3) is 0.516. The topological polar surface area (TPSA) is 308 Å². The maximum absolute atomic E-state index is 13.7. The molecule has 4 heterocycles. The second-order valence-electron chi connectivity index (χ2n) is 12.0. The number of benzene rings is 2. The zero-order chi connectivity index (χ0) is 36.0. The molecule has 13 atom stereocenters. The molecule has 3 aliphatic heterocycles. The van der Waals surface area contributed by atoms with Gasteiger partial charge in [-0.1, -0.05) is 0 Å². The van der Waals surface area contributed by atoms with Gasteiger partial charge in [-0.3, -0.25) is 4.79 Å². The van der Waals surface area contributed by atoms with Gasteiger partial charge >= 0.3 is 0 Å². The molecule has 19 nitrogen and oxygen atoms in total. The third-order valence-electron chi connectivity index (χ3n) is 8.61. The van der Waals surface area contributed by atoms with Gasteiger partial charge < -0.3 is 89.0 Å². The van der Waals surface area contributed by atoms with Crippen LogP contribution in [-0.2, 0) is 23.7 Å². The lowest BCUT2D eigenvalue weighted by Crippen LogP contribution is -2.62. The minimum absolute atomic E-state index is 0.129. The number of aliphatic hydroxyl groups excluding tert-OH is 8. The highest BCUT2D eigenvalue weighted by Crippen LogP contribution is 2.38. The van der Waals surface area contributed by atoms with Crippen molar-refractivity contribution in [1.29, 1.82) is 0 Å². The summed E-state index contributed by atoms with van der Waals surface area (Å²) in [7, 11) is 0. The van der Waals surface area contributed by atoms with Crippen LogP contribution in [0.5, 0.6) is 23.0 Å². The molecule has 50 heavy (non-hydrogen) atoms. The Balaban J connectivity index is 1.27. The summed E-state index contributed by atoms with van der Waals surface area (Å²) in [6.45, 7) is -2.07. The van der Waals surface area contributed by atoms with Gasteiger partial charge in [0, 0.05) is 17.7 Å². The minimum Gasteiger partial charge on any atom is -0.508 e. The molecule has 0 amide bonds. The van der Waals surface area contributed by atoms with E-state index in [1.54, 1.807) is 0 Å².